The Morgan fingerprint density at radius 2 is 2.02 bits per heavy atom. The van der Waals surface area contributed by atoms with Gasteiger partial charge in [0.2, 0.25) is 5.88 Å². The molecule has 8 heterocycles. The summed E-state index contributed by atoms with van der Waals surface area (Å²) in [5, 5.41) is 4.00. The first kappa shape index (κ1) is 26.2. The summed E-state index contributed by atoms with van der Waals surface area (Å²) < 4.78 is 58.9. The van der Waals surface area contributed by atoms with E-state index in [9.17, 15) is 4.39 Å². The van der Waals surface area contributed by atoms with E-state index in [2.05, 4.69) is 30.1 Å². The molecule has 13 heteroatoms. The van der Waals surface area contributed by atoms with E-state index in [1.165, 1.54) is 6.07 Å². The van der Waals surface area contributed by atoms with Crippen molar-refractivity contribution in [3.05, 3.63) is 23.4 Å². The van der Waals surface area contributed by atoms with E-state index < -0.39 is 23.3 Å². The van der Waals surface area contributed by atoms with Crippen molar-refractivity contribution in [3.63, 3.8) is 0 Å². The third kappa shape index (κ3) is 3.85. The number of nitrogen functional groups attached to an aromatic ring is 1. The minimum atomic E-state index is -0.911. The van der Waals surface area contributed by atoms with Gasteiger partial charge in [0.15, 0.2) is 17.5 Å². The summed E-state index contributed by atoms with van der Waals surface area (Å²) in [5.41, 5.74) is 5.32. The van der Waals surface area contributed by atoms with Crippen LogP contribution in [-0.2, 0) is 0 Å². The number of alkyl halides is 1. The highest BCUT2D eigenvalue weighted by molar-refractivity contribution is 5.97. The lowest BCUT2D eigenvalue weighted by Crippen LogP contribution is -2.62. The molecule has 0 saturated carbocycles. The second-order valence-corrected chi connectivity index (χ2v) is 12.5. The van der Waals surface area contributed by atoms with Gasteiger partial charge in [-0.25, -0.2) is 23.1 Å². The van der Waals surface area contributed by atoms with Gasteiger partial charge < -0.3 is 25.4 Å². The Bertz CT molecular complexity index is 1610. The van der Waals surface area contributed by atoms with E-state index in [1.807, 2.05) is 6.92 Å². The van der Waals surface area contributed by atoms with Crippen molar-refractivity contribution in [2.75, 3.05) is 36.9 Å². The zero-order chi connectivity index (χ0) is 28.9. The molecule has 2 bridgehead atoms. The molecule has 0 aromatic carbocycles. The molecule has 3 aromatic rings. The fraction of sp³-hybridized carbons (Fsp3) is 0.586. The number of nitrogens with zero attached hydrogens (tertiary/aromatic N) is 6. The number of ether oxygens (including phenoxy) is 2. The molecule has 4 saturated heterocycles. The minimum Gasteiger partial charge on any atom is -0.472 e. The quantitative estimate of drug-likeness (QED) is 0.475. The Labute approximate surface area is 240 Å². The molecule has 4 fully saturated rings. The first-order valence-electron chi connectivity index (χ1n) is 14.8. The van der Waals surface area contributed by atoms with Crippen LogP contribution in [0.2, 0.25) is 0 Å². The van der Waals surface area contributed by atoms with E-state index in [1.54, 1.807) is 6.92 Å². The molecule has 0 aliphatic carbocycles. The number of aromatic nitrogens is 4. The van der Waals surface area contributed by atoms with Crippen LogP contribution in [0, 0.1) is 18.6 Å². The van der Waals surface area contributed by atoms with Gasteiger partial charge >= 0.3 is 6.01 Å². The monoisotopic (exact) mass is 582 g/mol. The lowest BCUT2D eigenvalue weighted by atomic mass is 9.95. The summed E-state index contributed by atoms with van der Waals surface area (Å²) in [5.74, 6) is -1.43. The average molecular weight is 583 g/mol. The fourth-order valence-corrected chi connectivity index (χ4v) is 8.03. The zero-order valence-corrected chi connectivity index (χ0v) is 23.5. The number of nitrogens with two attached hydrogens (primary N) is 1. The number of anilines is 2. The van der Waals surface area contributed by atoms with Crippen LogP contribution in [0.5, 0.6) is 11.9 Å². The Balaban J connectivity index is 1.30. The Hall–Kier alpha value is -3.45. The molecule has 10 nitrogen and oxygen atoms in total. The predicted molar refractivity (Wildman–Crippen MR) is 149 cm³/mol. The summed E-state index contributed by atoms with van der Waals surface area (Å²) in [6.07, 6.45) is 2.91. The molecule has 0 radical (unpaired) electrons. The molecule has 5 aliphatic rings. The molecule has 0 unspecified atom stereocenters. The molecule has 5 aliphatic heterocycles. The first-order chi connectivity index (χ1) is 20.2. The van der Waals surface area contributed by atoms with Crippen molar-refractivity contribution in [1.82, 2.24) is 30.2 Å². The Kier molecular flexibility index (Phi) is 5.78. The number of aryl methyl sites for hydroxylation is 1. The molecular weight excluding hydrogens is 549 g/mol. The van der Waals surface area contributed by atoms with Gasteiger partial charge in [-0.1, -0.05) is 0 Å². The number of rotatable bonds is 4. The van der Waals surface area contributed by atoms with Crippen LogP contribution >= 0.6 is 0 Å². The number of hydrogen-bond donors (Lipinski definition) is 2. The van der Waals surface area contributed by atoms with Gasteiger partial charge in [0.25, 0.3) is 0 Å². The maximum Gasteiger partial charge on any atom is 0.319 e. The number of fused-ring (bicyclic) bond motifs is 6. The smallest absolute Gasteiger partial charge is 0.319 e. The number of halogens is 3. The highest BCUT2D eigenvalue weighted by Crippen LogP contribution is 2.45. The summed E-state index contributed by atoms with van der Waals surface area (Å²) in [6.45, 7) is 5.67. The summed E-state index contributed by atoms with van der Waals surface area (Å²) >= 11 is 0. The van der Waals surface area contributed by atoms with Crippen LogP contribution in [0.15, 0.2) is 6.07 Å². The maximum absolute atomic E-state index is 16.5. The minimum absolute atomic E-state index is 0.00638. The van der Waals surface area contributed by atoms with Gasteiger partial charge in [0.05, 0.1) is 11.6 Å². The second kappa shape index (κ2) is 9.27. The normalized spacial score (nSPS) is 31.6. The van der Waals surface area contributed by atoms with Crippen LogP contribution in [-0.4, -0.2) is 87.0 Å². The van der Waals surface area contributed by atoms with Crippen LogP contribution in [0.4, 0.5) is 24.8 Å². The summed E-state index contributed by atoms with van der Waals surface area (Å²) in [7, 11) is 0. The van der Waals surface area contributed by atoms with E-state index in [0.29, 0.717) is 36.4 Å². The number of piperazine rings is 1. The second-order valence-electron chi connectivity index (χ2n) is 12.5. The highest BCUT2D eigenvalue weighted by Gasteiger charge is 2.50. The molecule has 3 aromatic heterocycles. The molecule has 0 spiro atoms. The molecule has 3 N–H and O–H groups in total. The standard InChI is InChI=1S/C29H33F3N8O2/c1-13-8-17(20(31)25(33)34-13)22-21(32)23-19-26(38-28(37-23)41-12-29-6-3-7-39(29)10-15(30)9-29)40-11-16-4-5-18(35-16)24(40)14(2)42-27(19)36-22/h8,14-16,18,24,35H,3-7,9-12H2,1-2H3,(H2,33,34)/t14-,15+,16+,18-,24+,29-/m0/s1. The van der Waals surface area contributed by atoms with Gasteiger partial charge in [-0.3, -0.25) is 4.90 Å². The van der Waals surface area contributed by atoms with E-state index in [-0.39, 0.29) is 65.3 Å². The van der Waals surface area contributed by atoms with Gasteiger partial charge in [-0.15, -0.1) is 0 Å². The van der Waals surface area contributed by atoms with Crippen LogP contribution in [0.3, 0.4) is 0 Å². The van der Waals surface area contributed by atoms with Crippen molar-refractivity contribution in [3.8, 4) is 23.1 Å². The van der Waals surface area contributed by atoms with Crippen LogP contribution in [0.25, 0.3) is 22.2 Å². The van der Waals surface area contributed by atoms with Crippen molar-refractivity contribution >= 4 is 22.5 Å². The van der Waals surface area contributed by atoms with E-state index in [0.717, 1.165) is 32.2 Å². The summed E-state index contributed by atoms with van der Waals surface area (Å²) in [6, 6.07) is 1.71. The van der Waals surface area contributed by atoms with Gasteiger partial charge in [0, 0.05) is 42.9 Å². The van der Waals surface area contributed by atoms with Crippen molar-refractivity contribution in [2.45, 2.75) is 81.9 Å². The first-order valence-corrected chi connectivity index (χ1v) is 14.8. The molecule has 222 valence electrons. The Morgan fingerprint density at radius 1 is 1.17 bits per heavy atom. The lowest BCUT2D eigenvalue weighted by molar-refractivity contribution is 0.107. The third-order valence-corrected chi connectivity index (χ3v) is 9.83. The Morgan fingerprint density at radius 3 is 2.88 bits per heavy atom. The molecule has 42 heavy (non-hydrogen) atoms. The van der Waals surface area contributed by atoms with Gasteiger partial charge in [-0.05, 0) is 52.1 Å². The zero-order valence-electron chi connectivity index (χ0n) is 23.5. The predicted octanol–water partition coefficient (Wildman–Crippen LogP) is 3.30. The van der Waals surface area contributed by atoms with Crippen molar-refractivity contribution in [2.24, 2.45) is 0 Å². The lowest BCUT2D eigenvalue weighted by Gasteiger charge is -2.42. The van der Waals surface area contributed by atoms with E-state index in [4.69, 9.17) is 20.2 Å². The third-order valence-electron chi connectivity index (χ3n) is 9.83. The summed E-state index contributed by atoms with van der Waals surface area (Å²) in [4.78, 5) is 22.2. The number of pyridine rings is 2. The molecule has 6 atom stereocenters. The fourth-order valence-electron chi connectivity index (χ4n) is 8.03. The molecule has 0 amide bonds. The largest absolute Gasteiger partial charge is 0.472 e. The maximum atomic E-state index is 16.5. The van der Waals surface area contributed by atoms with E-state index >= 15 is 8.78 Å². The van der Waals surface area contributed by atoms with Crippen LogP contribution < -0.4 is 25.4 Å². The number of hydrogen-bond acceptors (Lipinski definition) is 10. The van der Waals surface area contributed by atoms with Gasteiger partial charge in [0.1, 0.15) is 41.3 Å². The van der Waals surface area contributed by atoms with Gasteiger partial charge in [-0.2, -0.15) is 9.97 Å². The van der Waals surface area contributed by atoms with Crippen molar-refractivity contribution < 1.29 is 22.6 Å². The van der Waals surface area contributed by atoms with Crippen LogP contribution in [0.1, 0.15) is 44.7 Å². The average Bonchev–Trinajstić information content (AvgIpc) is 3.59. The SMILES string of the molecule is Cc1cc(-c2nc3c4c(nc(OC[C@@]56CCCN5C[C@H](F)C6)nc4c2F)N2C[C@H]4CC[C@H](N4)[C@H]2[C@H](C)O3)c(F)c(N)n1. The topological polar surface area (TPSA) is 115 Å². The highest BCUT2D eigenvalue weighted by atomic mass is 19.1. The number of nitrogens with one attached hydrogen (secondary N) is 1. The van der Waals surface area contributed by atoms with Crippen molar-refractivity contribution in [1.29, 1.82) is 0 Å². The molecular formula is C29H33F3N8O2. The molecule has 8 rings (SSSR count).